The summed E-state index contributed by atoms with van der Waals surface area (Å²) in [6, 6.07) is 12.0. The largest absolute Gasteiger partial charge is 0.381 e. The molecule has 1 aliphatic carbocycles. The number of rotatable bonds is 2. The maximum absolute atomic E-state index is 13.6. The Morgan fingerprint density at radius 2 is 1.57 bits per heavy atom. The first-order chi connectivity index (χ1) is 16.7. The predicted molar refractivity (Wildman–Crippen MR) is 135 cm³/mol. The number of anilines is 1. The van der Waals surface area contributed by atoms with Gasteiger partial charge in [0.05, 0.1) is 6.04 Å². The van der Waals surface area contributed by atoms with E-state index in [-0.39, 0.29) is 11.7 Å². The summed E-state index contributed by atoms with van der Waals surface area (Å²) in [6.07, 6.45) is 7.10. The minimum absolute atomic E-state index is 0.371. The molecule has 3 atom stereocenters. The van der Waals surface area contributed by atoms with Crippen molar-refractivity contribution in [3.63, 3.8) is 0 Å². The average Bonchev–Trinajstić information content (AvgIpc) is 2.97. The molecule has 0 unspecified atom stereocenters. The van der Waals surface area contributed by atoms with Gasteiger partial charge in [-0.1, -0.05) is 52.7 Å². The molecule has 178 valence electrons. The number of oxime groups is 1. The highest BCUT2D eigenvalue weighted by atomic mass is 16.6. The van der Waals surface area contributed by atoms with Crippen molar-refractivity contribution >= 4 is 11.5 Å². The van der Waals surface area contributed by atoms with Gasteiger partial charge < -0.3 is 4.84 Å². The van der Waals surface area contributed by atoms with E-state index in [2.05, 4.69) is 38.1 Å². The number of amidine groups is 1. The quantitative estimate of drug-likeness (QED) is 0.541. The number of aromatic nitrogens is 3. The molecule has 0 amide bonds. The second-order valence-corrected chi connectivity index (χ2v) is 9.68. The van der Waals surface area contributed by atoms with Crippen LogP contribution in [-0.2, 0) is 17.5 Å². The summed E-state index contributed by atoms with van der Waals surface area (Å²) in [4.78, 5) is 35.0. The highest BCUT2D eigenvalue weighted by molar-refractivity contribution is 6.12. The van der Waals surface area contributed by atoms with Gasteiger partial charge >= 0.3 is 11.4 Å². The maximum atomic E-state index is 13.6. The van der Waals surface area contributed by atoms with Crippen LogP contribution in [-0.4, -0.2) is 25.9 Å². The standard InChI is InChI=1S/C27H27N5O3/c1-16-6-8-20(9-7-16)30-24(23-18(3)14-17(2)15-19(23)4)28-35-22-11-10-21-12-13-27(22,30)32-26(34)29(5)25(33)31(21)32/h6-15,21-22H,1-5H3/t21-,22-,27-/m1/s1. The lowest BCUT2D eigenvalue weighted by Gasteiger charge is -2.49. The fourth-order valence-electron chi connectivity index (χ4n) is 5.69. The Bertz CT molecular complexity index is 1560. The molecule has 3 aromatic rings. The zero-order chi connectivity index (χ0) is 24.6. The molecule has 0 saturated heterocycles. The molecule has 35 heavy (non-hydrogen) atoms. The van der Waals surface area contributed by atoms with Gasteiger partial charge in [0.2, 0.25) is 5.66 Å². The van der Waals surface area contributed by atoms with Crippen LogP contribution in [0.4, 0.5) is 5.69 Å². The first-order valence-electron chi connectivity index (χ1n) is 11.7. The number of hydrogen-bond acceptors (Lipinski definition) is 5. The van der Waals surface area contributed by atoms with Crippen molar-refractivity contribution in [3.05, 3.63) is 109 Å². The van der Waals surface area contributed by atoms with Gasteiger partial charge in [-0.15, -0.1) is 0 Å². The van der Waals surface area contributed by atoms with Crippen molar-refractivity contribution in [2.45, 2.75) is 45.5 Å². The lowest BCUT2D eigenvalue weighted by molar-refractivity contribution is -0.00104. The van der Waals surface area contributed by atoms with Crippen molar-refractivity contribution in [3.8, 4) is 0 Å². The molecule has 8 nitrogen and oxygen atoms in total. The highest BCUT2D eigenvalue weighted by Gasteiger charge is 2.56. The molecule has 8 heteroatoms. The smallest absolute Gasteiger partial charge is 0.349 e. The number of allylic oxidation sites excluding steroid dienone is 2. The second-order valence-electron chi connectivity index (χ2n) is 9.68. The molecule has 0 radical (unpaired) electrons. The van der Waals surface area contributed by atoms with E-state index < -0.39 is 17.5 Å². The normalized spacial score (nSPS) is 24.0. The van der Waals surface area contributed by atoms with Gasteiger partial charge in [0.25, 0.3) is 0 Å². The summed E-state index contributed by atoms with van der Waals surface area (Å²) in [7, 11) is 1.51. The van der Waals surface area contributed by atoms with Crippen molar-refractivity contribution in [1.82, 2.24) is 13.9 Å². The Morgan fingerprint density at radius 1 is 0.886 bits per heavy atom. The summed E-state index contributed by atoms with van der Waals surface area (Å²) in [5.41, 5.74) is 4.21. The number of nitrogens with zero attached hydrogens (tertiary/aromatic N) is 5. The van der Waals surface area contributed by atoms with E-state index in [1.54, 1.807) is 0 Å². The molecule has 3 aliphatic heterocycles. The van der Waals surface area contributed by atoms with E-state index in [4.69, 9.17) is 4.84 Å². The molecule has 0 N–H and O–H groups in total. The van der Waals surface area contributed by atoms with E-state index in [1.165, 1.54) is 16.4 Å². The Kier molecular flexibility index (Phi) is 4.42. The molecule has 0 saturated carbocycles. The van der Waals surface area contributed by atoms with Crippen LogP contribution in [0, 0.1) is 27.7 Å². The van der Waals surface area contributed by atoms with Gasteiger partial charge in [-0.2, -0.15) is 4.68 Å². The minimum atomic E-state index is -1.17. The minimum Gasteiger partial charge on any atom is -0.381 e. The first-order valence-corrected chi connectivity index (χ1v) is 11.7. The first kappa shape index (κ1) is 21.5. The summed E-state index contributed by atoms with van der Waals surface area (Å²) in [5.74, 6) is 0.591. The van der Waals surface area contributed by atoms with Crippen molar-refractivity contribution in [2.24, 2.45) is 12.2 Å². The van der Waals surface area contributed by atoms with Crippen LogP contribution in [0.2, 0.25) is 0 Å². The molecular formula is C27H27N5O3. The van der Waals surface area contributed by atoms with Gasteiger partial charge in [0.15, 0.2) is 11.9 Å². The van der Waals surface area contributed by atoms with Gasteiger partial charge in [-0.25, -0.2) is 18.8 Å². The van der Waals surface area contributed by atoms with E-state index in [9.17, 15) is 9.59 Å². The lowest BCUT2D eigenvalue weighted by atomic mass is 9.92. The van der Waals surface area contributed by atoms with E-state index in [0.29, 0.717) is 5.84 Å². The highest BCUT2D eigenvalue weighted by Crippen LogP contribution is 2.44. The Balaban J connectivity index is 1.73. The van der Waals surface area contributed by atoms with Crippen molar-refractivity contribution in [1.29, 1.82) is 0 Å². The Morgan fingerprint density at radius 3 is 2.26 bits per heavy atom. The summed E-state index contributed by atoms with van der Waals surface area (Å²) >= 11 is 0. The molecule has 2 bridgehead atoms. The lowest BCUT2D eigenvalue weighted by Crippen LogP contribution is -2.66. The van der Waals surface area contributed by atoms with Crippen LogP contribution in [0.25, 0.3) is 0 Å². The number of hydrogen-bond donors (Lipinski definition) is 0. The van der Waals surface area contributed by atoms with Crippen LogP contribution in [0.3, 0.4) is 0 Å². The van der Waals surface area contributed by atoms with Crippen LogP contribution < -0.4 is 16.3 Å². The van der Waals surface area contributed by atoms with Crippen molar-refractivity contribution < 1.29 is 4.84 Å². The Labute approximate surface area is 202 Å². The summed E-state index contributed by atoms with van der Waals surface area (Å²) in [5, 5.41) is 4.65. The molecular weight excluding hydrogens is 442 g/mol. The maximum Gasteiger partial charge on any atom is 0.349 e. The fourth-order valence-corrected chi connectivity index (χ4v) is 5.69. The van der Waals surface area contributed by atoms with Gasteiger partial charge in [-0.05, 0) is 63.1 Å². The molecule has 7 rings (SSSR count). The van der Waals surface area contributed by atoms with E-state index in [0.717, 1.165) is 38.1 Å². The third-order valence-electron chi connectivity index (χ3n) is 7.24. The predicted octanol–water partition coefficient (Wildman–Crippen LogP) is 3.18. The topological polar surface area (TPSA) is 73.8 Å². The van der Waals surface area contributed by atoms with E-state index in [1.807, 2.05) is 60.4 Å². The third kappa shape index (κ3) is 2.76. The van der Waals surface area contributed by atoms with Crippen LogP contribution in [0.5, 0.6) is 0 Å². The molecule has 0 fully saturated rings. The molecule has 4 aliphatic rings. The van der Waals surface area contributed by atoms with Gasteiger partial charge in [0, 0.05) is 18.3 Å². The zero-order valence-corrected chi connectivity index (χ0v) is 20.4. The third-order valence-corrected chi connectivity index (χ3v) is 7.24. The SMILES string of the molecule is Cc1ccc(N2C(c3c(C)cc(C)cc3C)=NO[C@@H]3C=C[C@@H]4C=C[C@@]32n2c(=O)n(C)c(=O)n24)cc1. The van der Waals surface area contributed by atoms with Gasteiger partial charge in [-0.3, -0.25) is 4.90 Å². The van der Waals surface area contributed by atoms with Crippen LogP contribution in [0.15, 0.2) is 75.4 Å². The zero-order valence-electron chi connectivity index (χ0n) is 20.4. The molecule has 2 aromatic carbocycles. The second kappa shape index (κ2) is 7.21. The van der Waals surface area contributed by atoms with Crippen LogP contribution in [0.1, 0.15) is 33.9 Å². The number of aryl methyl sites for hydroxylation is 4. The number of benzene rings is 2. The van der Waals surface area contributed by atoms with E-state index >= 15 is 0 Å². The summed E-state index contributed by atoms with van der Waals surface area (Å²) < 4.78 is 4.21. The molecule has 1 aromatic heterocycles. The van der Waals surface area contributed by atoms with Gasteiger partial charge in [0.1, 0.15) is 0 Å². The summed E-state index contributed by atoms with van der Waals surface area (Å²) in [6.45, 7) is 8.21. The molecule has 4 heterocycles. The fraction of sp³-hybridized carbons (Fsp3) is 0.296. The van der Waals surface area contributed by atoms with Crippen LogP contribution >= 0.6 is 0 Å². The Hall–Kier alpha value is -4.07. The van der Waals surface area contributed by atoms with Crippen molar-refractivity contribution in [2.75, 3.05) is 4.90 Å². The molecule has 1 spiro atoms. The average molecular weight is 470 g/mol. The monoisotopic (exact) mass is 469 g/mol.